The van der Waals surface area contributed by atoms with Crippen molar-refractivity contribution in [3.63, 3.8) is 0 Å². The maximum absolute atomic E-state index is 14.7. The number of carbonyl (C=O) groups is 3. The minimum atomic E-state index is -0.962. The van der Waals surface area contributed by atoms with Crippen LogP contribution in [0.15, 0.2) is 29.6 Å². The van der Waals surface area contributed by atoms with Crippen LogP contribution < -0.4 is 15.0 Å². The van der Waals surface area contributed by atoms with E-state index >= 15 is 0 Å². The molecular weight excluding hydrogens is 467 g/mol. The van der Waals surface area contributed by atoms with Crippen LogP contribution in [-0.4, -0.2) is 53.5 Å². The summed E-state index contributed by atoms with van der Waals surface area (Å²) in [6.45, 7) is 1.85. The predicted octanol–water partition coefficient (Wildman–Crippen LogP) is 3.76. The Morgan fingerprint density at radius 1 is 1.32 bits per heavy atom. The van der Waals surface area contributed by atoms with E-state index in [0.29, 0.717) is 11.4 Å². The molecule has 1 aliphatic rings. The molecule has 1 aromatic heterocycles. The van der Waals surface area contributed by atoms with Crippen molar-refractivity contribution in [1.29, 1.82) is 0 Å². The zero-order chi connectivity index (χ0) is 22.9. The van der Waals surface area contributed by atoms with Crippen LogP contribution in [-0.2, 0) is 11.3 Å². The van der Waals surface area contributed by atoms with E-state index in [-0.39, 0.29) is 16.5 Å². The summed E-state index contributed by atoms with van der Waals surface area (Å²) in [4.78, 5) is 41.6. The van der Waals surface area contributed by atoms with Gasteiger partial charge in [-0.1, -0.05) is 17.7 Å². The number of anilines is 1. The number of ether oxygens (including phenoxy) is 1. The summed E-state index contributed by atoms with van der Waals surface area (Å²) in [5.74, 6) is -1.35. The van der Waals surface area contributed by atoms with Crippen molar-refractivity contribution in [3.8, 4) is 5.75 Å². The van der Waals surface area contributed by atoms with Gasteiger partial charge in [0.05, 0.1) is 17.3 Å². The second kappa shape index (κ2) is 9.33. The molecule has 2 aromatic rings. The van der Waals surface area contributed by atoms with E-state index < -0.39 is 35.4 Å². The number of hydrogen-bond acceptors (Lipinski definition) is 6. The molecule has 0 spiro atoms. The van der Waals surface area contributed by atoms with E-state index in [1.54, 1.807) is 0 Å². The summed E-state index contributed by atoms with van der Waals surface area (Å²) in [5.41, 5.74) is -1.14. The van der Waals surface area contributed by atoms with Gasteiger partial charge in [-0.3, -0.25) is 14.6 Å². The van der Waals surface area contributed by atoms with Crippen LogP contribution in [0.5, 0.6) is 5.75 Å². The van der Waals surface area contributed by atoms with Gasteiger partial charge in [0, 0.05) is 25.0 Å². The summed E-state index contributed by atoms with van der Waals surface area (Å²) in [7, 11) is 2.86. The number of rotatable bonds is 6. The zero-order valence-corrected chi connectivity index (χ0v) is 19.3. The Morgan fingerprint density at radius 3 is 2.55 bits per heavy atom. The second-order valence-corrected chi connectivity index (χ2v) is 8.66. The number of hydrogen-bond donors (Lipinski definition) is 2. The first-order valence-electron chi connectivity index (χ1n) is 9.09. The smallest absolute Gasteiger partial charge is 0.334 e. The van der Waals surface area contributed by atoms with Crippen LogP contribution in [0.1, 0.15) is 11.8 Å². The van der Waals surface area contributed by atoms with Gasteiger partial charge in [0.25, 0.3) is 5.91 Å². The topological polar surface area (TPSA) is 82.2 Å². The van der Waals surface area contributed by atoms with Gasteiger partial charge in [-0.15, -0.1) is 24.0 Å². The molecule has 1 N–H and O–H groups in total. The summed E-state index contributed by atoms with van der Waals surface area (Å²) in [6, 6.07) is 4.27. The molecule has 0 saturated carbocycles. The van der Waals surface area contributed by atoms with Gasteiger partial charge in [0.1, 0.15) is 11.6 Å². The van der Waals surface area contributed by atoms with Crippen molar-refractivity contribution in [2.24, 2.45) is 0 Å². The SMILES string of the molecule is CC(Oc1cc(N2C(=O)N(C)C(S)N(C)C2=O)c(F)cc1Cl)C(=O)NCc1cccs1. The van der Waals surface area contributed by atoms with Crippen molar-refractivity contribution in [3.05, 3.63) is 45.4 Å². The van der Waals surface area contributed by atoms with Crippen LogP contribution in [0, 0.1) is 5.82 Å². The largest absolute Gasteiger partial charge is 0.479 e. The maximum atomic E-state index is 14.7. The highest BCUT2D eigenvalue weighted by Crippen LogP contribution is 2.35. The molecule has 0 aliphatic carbocycles. The summed E-state index contributed by atoms with van der Waals surface area (Å²) in [6.07, 6.45) is -0.962. The van der Waals surface area contributed by atoms with E-state index in [0.717, 1.165) is 17.0 Å². The van der Waals surface area contributed by atoms with Gasteiger partial charge in [-0.25, -0.2) is 18.9 Å². The highest BCUT2D eigenvalue weighted by molar-refractivity contribution is 7.80. The lowest BCUT2D eigenvalue weighted by Gasteiger charge is -2.41. The van der Waals surface area contributed by atoms with Crippen LogP contribution >= 0.6 is 35.6 Å². The molecule has 5 amide bonds. The molecule has 1 aliphatic heterocycles. The number of thiophene rings is 1. The Kier molecular flexibility index (Phi) is 6.97. The Hall–Kier alpha value is -2.50. The van der Waals surface area contributed by atoms with Gasteiger partial charge < -0.3 is 10.1 Å². The lowest BCUT2D eigenvalue weighted by atomic mass is 10.2. The summed E-state index contributed by atoms with van der Waals surface area (Å²) < 4.78 is 20.3. The monoisotopic (exact) mass is 486 g/mol. The number of amides is 5. The van der Waals surface area contributed by atoms with E-state index in [1.165, 1.54) is 42.2 Å². The minimum absolute atomic E-state index is 0.0456. The fourth-order valence-electron chi connectivity index (χ4n) is 2.82. The molecule has 3 rings (SSSR count). The highest BCUT2D eigenvalue weighted by atomic mass is 35.5. The molecule has 1 unspecified atom stereocenters. The molecule has 8 nitrogen and oxygen atoms in total. The van der Waals surface area contributed by atoms with Crippen LogP contribution in [0.25, 0.3) is 0 Å². The van der Waals surface area contributed by atoms with Gasteiger partial charge in [0.15, 0.2) is 11.6 Å². The standard InChI is InChI=1S/C19H20ClFN4O4S2/c1-10(16(26)22-9-11-5-4-6-31-11)29-15-8-14(13(21)7-12(15)20)25-17(27)23(2)19(30)24(3)18(25)28/h4-8,10,19,30H,9H2,1-3H3,(H,22,26). The third kappa shape index (κ3) is 4.73. The average molecular weight is 487 g/mol. The number of nitrogens with zero attached hydrogens (tertiary/aromatic N) is 3. The van der Waals surface area contributed by atoms with Crippen molar-refractivity contribution in [2.75, 3.05) is 19.0 Å². The number of urea groups is 2. The number of carbonyl (C=O) groups excluding carboxylic acids is 3. The Balaban J connectivity index is 1.81. The van der Waals surface area contributed by atoms with Gasteiger partial charge >= 0.3 is 12.1 Å². The molecule has 2 heterocycles. The van der Waals surface area contributed by atoms with Crippen LogP contribution in [0.3, 0.4) is 0 Å². The Labute approximate surface area is 192 Å². The van der Waals surface area contributed by atoms with Gasteiger partial charge in [-0.05, 0) is 24.4 Å². The maximum Gasteiger partial charge on any atom is 0.334 e. The van der Waals surface area contributed by atoms with E-state index in [9.17, 15) is 18.8 Å². The third-order valence-electron chi connectivity index (χ3n) is 4.61. The van der Waals surface area contributed by atoms with E-state index in [1.807, 2.05) is 17.5 Å². The summed E-state index contributed by atoms with van der Waals surface area (Å²) >= 11 is 11.8. The number of benzene rings is 1. The normalized spacial score (nSPS) is 16.0. The second-order valence-electron chi connectivity index (χ2n) is 6.76. The molecular formula is C19H20ClFN4O4S2. The molecule has 0 radical (unpaired) electrons. The van der Waals surface area contributed by atoms with Crippen molar-refractivity contribution < 1.29 is 23.5 Å². The quantitative estimate of drug-likeness (QED) is 0.609. The number of thiol groups is 1. The Morgan fingerprint density at radius 2 is 1.97 bits per heavy atom. The van der Waals surface area contributed by atoms with Crippen LogP contribution in [0.4, 0.5) is 19.7 Å². The first-order chi connectivity index (χ1) is 14.6. The number of imide groups is 1. The summed E-state index contributed by atoms with van der Waals surface area (Å²) in [5, 5.41) is 4.52. The fraction of sp³-hybridized carbons (Fsp3) is 0.316. The average Bonchev–Trinajstić information content (AvgIpc) is 3.25. The highest BCUT2D eigenvalue weighted by Gasteiger charge is 2.41. The number of halogens is 2. The third-order valence-corrected chi connectivity index (χ3v) is 6.48. The molecule has 12 heteroatoms. The van der Waals surface area contributed by atoms with Crippen molar-refractivity contribution in [1.82, 2.24) is 15.1 Å². The minimum Gasteiger partial charge on any atom is -0.479 e. The number of nitrogens with one attached hydrogen (secondary N) is 1. The molecule has 1 fully saturated rings. The predicted molar refractivity (Wildman–Crippen MR) is 119 cm³/mol. The molecule has 166 valence electrons. The first-order valence-corrected chi connectivity index (χ1v) is 10.9. The Bertz CT molecular complexity index is 985. The van der Waals surface area contributed by atoms with E-state index in [4.69, 9.17) is 16.3 Å². The molecule has 1 saturated heterocycles. The lowest BCUT2D eigenvalue weighted by molar-refractivity contribution is -0.127. The van der Waals surface area contributed by atoms with Crippen molar-refractivity contribution in [2.45, 2.75) is 25.1 Å². The fourth-order valence-corrected chi connectivity index (χ4v) is 3.85. The zero-order valence-electron chi connectivity index (χ0n) is 16.8. The molecule has 0 bridgehead atoms. The van der Waals surface area contributed by atoms with Gasteiger partial charge in [-0.2, -0.15) is 0 Å². The first kappa shape index (κ1) is 23.2. The molecule has 1 atom stereocenters. The van der Waals surface area contributed by atoms with Crippen molar-refractivity contribution >= 4 is 59.2 Å². The van der Waals surface area contributed by atoms with Gasteiger partial charge in [0.2, 0.25) is 0 Å². The molecule has 1 aromatic carbocycles. The molecule has 31 heavy (non-hydrogen) atoms. The van der Waals surface area contributed by atoms with E-state index in [2.05, 4.69) is 17.9 Å². The lowest BCUT2D eigenvalue weighted by Crippen LogP contribution is -2.62. The van der Waals surface area contributed by atoms with Crippen LogP contribution in [0.2, 0.25) is 5.02 Å².